The first-order chi connectivity index (χ1) is 32.8. The summed E-state index contributed by atoms with van der Waals surface area (Å²) in [6, 6.07) is 37.5. The highest BCUT2D eigenvalue weighted by molar-refractivity contribution is 6.07. The van der Waals surface area contributed by atoms with E-state index >= 15 is 0 Å². The van der Waals surface area contributed by atoms with E-state index in [-0.39, 0.29) is 63.1 Å². The number of phenolic OH excluding ortho intramolecular Hbond substituents is 10. The minimum absolute atomic E-state index is 0.00191. The van der Waals surface area contributed by atoms with Gasteiger partial charge in [0.05, 0.1) is 5.92 Å². The van der Waals surface area contributed by atoms with Gasteiger partial charge in [0.2, 0.25) is 0 Å². The Morgan fingerprint density at radius 2 is 0.985 bits per heavy atom. The van der Waals surface area contributed by atoms with Crippen molar-refractivity contribution in [3.63, 3.8) is 0 Å². The maximum absolute atomic E-state index is 12.1. The van der Waals surface area contributed by atoms with Gasteiger partial charge < -0.3 is 60.2 Å². The normalized spacial score (nSPS) is 17.2. The van der Waals surface area contributed by atoms with E-state index in [1.165, 1.54) is 72.8 Å². The van der Waals surface area contributed by atoms with Crippen molar-refractivity contribution in [3.05, 3.63) is 196 Å². The fraction of sp³-hybridized carbons (Fsp3) is 0.0714. The van der Waals surface area contributed by atoms with E-state index < -0.39 is 23.9 Å². The van der Waals surface area contributed by atoms with E-state index in [1.54, 1.807) is 84.9 Å². The number of benzene rings is 8. The SMILES string of the molecule is Oc1ccc(-c2oc3cc(O)cc(/C=C/c4ccc(O)c([C@@H]5c6cc(O)cc7c6[C@H](c6cc(O)cc(O)c6[C@@H]5c5ccc(O)cc5)[C@@H](c5ccc(O)cc5)O7)c4)c3c2-c2cc(O)cc(O)c2)cc1. The maximum Gasteiger partial charge on any atom is 0.143 e. The highest BCUT2D eigenvalue weighted by Crippen LogP contribution is 2.63. The van der Waals surface area contributed by atoms with E-state index in [1.807, 2.05) is 0 Å². The Labute approximate surface area is 387 Å². The van der Waals surface area contributed by atoms with Crippen LogP contribution in [-0.2, 0) is 0 Å². The lowest BCUT2D eigenvalue weighted by molar-refractivity contribution is 0.221. The average molecular weight is 905 g/mol. The number of phenols is 10. The van der Waals surface area contributed by atoms with Crippen LogP contribution in [0, 0.1) is 0 Å². The highest BCUT2D eigenvalue weighted by Gasteiger charge is 2.48. The molecule has 68 heavy (non-hydrogen) atoms. The zero-order chi connectivity index (χ0) is 47.1. The molecule has 0 spiro atoms. The van der Waals surface area contributed by atoms with Crippen molar-refractivity contribution in [1.82, 2.24) is 0 Å². The van der Waals surface area contributed by atoms with Crippen LogP contribution in [0.1, 0.15) is 73.9 Å². The zero-order valence-corrected chi connectivity index (χ0v) is 35.6. The van der Waals surface area contributed by atoms with Gasteiger partial charge in [-0.3, -0.25) is 0 Å². The molecule has 0 radical (unpaired) electrons. The molecule has 0 fully saturated rings. The molecule has 4 atom stereocenters. The van der Waals surface area contributed by atoms with Gasteiger partial charge in [0.1, 0.15) is 80.7 Å². The van der Waals surface area contributed by atoms with Gasteiger partial charge in [-0.05, 0) is 130 Å². The first-order valence-corrected chi connectivity index (χ1v) is 21.6. The molecule has 2 aliphatic rings. The first-order valence-electron chi connectivity index (χ1n) is 21.6. The summed E-state index contributed by atoms with van der Waals surface area (Å²) in [4.78, 5) is 0. The average Bonchev–Trinajstić information content (AvgIpc) is 3.84. The molecule has 0 amide bonds. The van der Waals surface area contributed by atoms with Crippen molar-refractivity contribution in [2.45, 2.75) is 23.9 Å². The molecule has 1 aliphatic carbocycles. The molecular weight excluding hydrogens is 865 g/mol. The van der Waals surface area contributed by atoms with Crippen molar-refractivity contribution < 1.29 is 60.2 Å². The number of hydrogen-bond acceptors (Lipinski definition) is 12. The molecular formula is C56H40O12. The van der Waals surface area contributed by atoms with Crippen LogP contribution in [0.4, 0.5) is 0 Å². The highest BCUT2D eigenvalue weighted by atomic mass is 16.5. The maximum atomic E-state index is 12.1. The van der Waals surface area contributed by atoms with E-state index in [0.29, 0.717) is 83.7 Å². The molecule has 9 aromatic rings. The lowest BCUT2D eigenvalue weighted by Gasteiger charge is -2.31. The third kappa shape index (κ3) is 7.02. The summed E-state index contributed by atoms with van der Waals surface area (Å²) in [7, 11) is 0. The van der Waals surface area contributed by atoms with Crippen LogP contribution in [0.5, 0.6) is 63.2 Å². The molecule has 12 nitrogen and oxygen atoms in total. The molecule has 0 saturated heterocycles. The van der Waals surface area contributed by atoms with Crippen LogP contribution in [0.25, 0.3) is 45.6 Å². The summed E-state index contributed by atoms with van der Waals surface area (Å²) in [6.45, 7) is 0. The van der Waals surface area contributed by atoms with Crippen LogP contribution in [-0.4, -0.2) is 51.1 Å². The Hall–Kier alpha value is -9.16. The Balaban J connectivity index is 1.13. The largest absolute Gasteiger partial charge is 0.508 e. The molecule has 12 heteroatoms. The Kier molecular flexibility index (Phi) is 9.64. The van der Waals surface area contributed by atoms with Crippen LogP contribution < -0.4 is 4.74 Å². The van der Waals surface area contributed by atoms with E-state index in [4.69, 9.17) is 9.15 Å². The summed E-state index contributed by atoms with van der Waals surface area (Å²) in [6.07, 6.45) is 2.79. The predicted molar refractivity (Wildman–Crippen MR) is 254 cm³/mol. The lowest BCUT2D eigenvalue weighted by atomic mass is 9.73. The van der Waals surface area contributed by atoms with Gasteiger partial charge in [-0.25, -0.2) is 0 Å². The molecule has 1 aliphatic heterocycles. The van der Waals surface area contributed by atoms with Crippen molar-refractivity contribution >= 4 is 23.1 Å². The number of fused-ring (bicyclic) bond motifs is 3. The molecule has 336 valence electrons. The second-order valence-electron chi connectivity index (χ2n) is 17.2. The molecule has 0 unspecified atom stereocenters. The quantitative estimate of drug-likeness (QED) is 0.0675. The third-order valence-electron chi connectivity index (χ3n) is 13.0. The van der Waals surface area contributed by atoms with Gasteiger partial charge in [-0.15, -0.1) is 0 Å². The number of rotatable bonds is 7. The molecule has 11 rings (SSSR count). The second-order valence-corrected chi connectivity index (χ2v) is 17.2. The minimum Gasteiger partial charge on any atom is -0.508 e. The van der Waals surface area contributed by atoms with E-state index in [2.05, 4.69) is 0 Å². The summed E-state index contributed by atoms with van der Waals surface area (Å²) < 4.78 is 13.1. The number of furan rings is 1. The number of aromatic hydroxyl groups is 10. The fourth-order valence-electron chi connectivity index (χ4n) is 10.2. The lowest BCUT2D eigenvalue weighted by Crippen LogP contribution is -2.16. The molecule has 10 N–H and O–H groups in total. The van der Waals surface area contributed by atoms with E-state index in [9.17, 15) is 51.1 Å². The Bertz CT molecular complexity index is 3480. The standard InChI is InChI=1S/C56H40O12/c57-33-10-4-28(5-11-33)49-51(42-23-40(64)26-47-53(42)54(43-22-39(63)24-45(66)52(43)49)56(68-47)30-8-14-35(59)15-9-30)41-17-27(2-16-44(41)65)1-3-31-18-38(62)25-46-48(31)50(32-19-36(60)21-37(61)20-32)55(67-46)29-6-12-34(58)13-7-29/h1-26,49,51,54,56-66H/b3-1+/t49-,51-,54+,56-/m1/s1. The smallest absolute Gasteiger partial charge is 0.143 e. The third-order valence-corrected chi connectivity index (χ3v) is 13.0. The van der Waals surface area contributed by atoms with Crippen LogP contribution >= 0.6 is 0 Å². The van der Waals surface area contributed by atoms with Crippen LogP contribution in [0.3, 0.4) is 0 Å². The first kappa shape index (κ1) is 41.5. The topological polar surface area (TPSA) is 225 Å². The molecule has 1 aromatic heterocycles. The van der Waals surface area contributed by atoms with Crippen molar-refractivity contribution in [3.8, 4) is 85.7 Å². The Morgan fingerprint density at radius 1 is 0.397 bits per heavy atom. The van der Waals surface area contributed by atoms with Gasteiger partial charge in [-0.1, -0.05) is 42.5 Å². The number of hydrogen-bond donors (Lipinski definition) is 10. The number of ether oxygens (including phenoxy) is 1. The predicted octanol–water partition coefficient (Wildman–Crippen LogP) is 11.5. The minimum atomic E-state index is -0.866. The van der Waals surface area contributed by atoms with Crippen molar-refractivity contribution in [1.29, 1.82) is 0 Å². The second kappa shape index (κ2) is 15.8. The molecule has 8 aromatic carbocycles. The summed E-state index contributed by atoms with van der Waals surface area (Å²) in [5, 5.41) is 110. The molecule has 0 saturated carbocycles. The van der Waals surface area contributed by atoms with Crippen LogP contribution in [0.15, 0.2) is 150 Å². The van der Waals surface area contributed by atoms with E-state index in [0.717, 1.165) is 0 Å². The van der Waals surface area contributed by atoms with Gasteiger partial charge >= 0.3 is 0 Å². The van der Waals surface area contributed by atoms with Gasteiger partial charge in [0.15, 0.2) is 0 Å². The van der Waals surface area contributed by atoms with Gasteiger partial charge in [0.25, 0.3) is 0 Å². The molecule has 0 bridgehead atoms. The zero-order valence-electron chi connectivity index (χ0n) is 35.6. The van der Waals surface area contributed by atoms with Crippen molar-refractivity contribution in [2.75, 3.05) is 0 Å². The summed E-state index contributed by atoms with van der Waals surface area (Å²) in [5.74, 6) is -2.75. The van der Waals surface area contributed by atoms with Crippen molar-refractivity contribution in [2.24, 2.45) is 0 Å². The van der Waals surface area contributed by atoms with Gasteiger partial charge in [-0.2, -0.15) is 0 Å². The Morgan fingerprint density at radius 3 is 1.66 bits per heavy atom. The molecule has 2 heterocycles. The monoisotopic (exact) mass is 904 g/mol. The fourth-order valence-corrected chi connectivity index (χ4v) is 10.2. The summed E-state index contributed by atoms with van der Waals surface area (Å²) >= 11 is 0. The summed E-state index contributed by atoms with van der Waals surface area (Å²) in [5.41, 5.74) is 6.68. The van der Waals surface area contributed by atoms with Gasteiger partial charge in [0, 0.05) is 69.3 Å². The van der Waals surface area contributed by atoms with Crippen LogP contribution in [0.2, 0.25) is 0 Å².